The van der Waals surface area contributed by atoms with Crippen molar-refractivity contribution in [3.05, 3.63) is 24.3 Å². The predicted octanol–water partition coefficient (Wildman–Crippen LogP) is 4.02. The number of alkyl halides is 1. The summed E-state index contributed by atoms with van der Waals surface area (Å²) < 4.78 is 42.5. The SMILES string of the molecule is CC(C)(F)C(=O)N1CCC2(CC1)CC(CCCOc1ccc(S(C)(=O)=O)cc1)C2. The lowest BCUT2D eigenvalue weighted by molar-refractivity contribution is -0.146. The minimum Gasteiger partial charge on any atom is -0.494 e. The van der Waals surface area contributed by atoms with E-state index < -0.39 is 15.5 Å². The third-order valence-corrected chi connectivity index (χ3v) is 7.47. The van der Waals surface area contributed by atoms with Crippen molar-refractivity contribution >= 4 is 15.7 Å². The average Bonchev–Trinajstić information content (AvgIpc) is 2.62. The number of halogens is 1. The number of amides is 1. The molecule has 1 aromatic rings. The number of likely N-dealkylation sites (tertiary alicyclic amines) is 1. The molecule has 1 spiro atoms. The van der Waals surface area contributed by atoms with Gasteiger partial charge in [0.15, 0.2) is 15.5 Å². The zero-order valence-electron chi connectivity index (χ0n) is 17.6. The van der Waals surface area contributed by atoms with Crippen LogP contribution >= 0.6 is 0 Å². The van der Waals surface area contributed by atoms with Crippen molar-refractivity contribution in [2.45, 2.75) is 62.9 Å². The second-order valence-electron chi connectivity index (χ2n) is 9.27. The molecule has 1 saturated heterocycles. The van der Waals surface area contributed by atoms with Gasteiger partial charge in [-0.3, -0.25) is 4.79 Å². The molecule has 2 aliphatic rings. The van der Waals surface area contributed by atoms with Crippen LogP contribution in [0.1, 0.15) is 52.4 Å². The molecule has 1 heterocycles. The lowest BCUT2D eigenvalue weighted by atomic mass is 9.56. The molecule has 0 bridgehead atoms. The van der Waals surface area contributed by atoms with Gasteiger partial charge in [0.25, 0.3) is 5.91 Å². The summed E-state index contributed by atoms with van der Waals surface area (Å²) in [6.45, 7) is 4.63. The Morgan fingerprint density at radius 2 is 1.79 bits per heavy atom. The number of ether oxygens (including phenoxy) is 1. The molecule has 1 aromatic carbocycles. The normalized spacial score (nSPS) is 19.8. The molecule has 1 aliphatic carbocycles. The van der Waals surface area contributed by atoms with Gasteiger partial charge in [-0.15, -0.1) is 0 Å². The summed E-state index contributed by atoms with van der Waals surface area (Å²) in [7, 11) is -3.18. The Morgan fingerprint density at radius 3 is 2.31 bits per heavy atom. The van der Waals surface area contributed by atoms with Crippen molar-refractivity contribution in [1.29, 1.82) is 0 Å². The van der Waals surface area contributed by atoms with Crippen LogP contribution in [0.3, 0.4) is 0 Å². The highest BCUT2D eigenvalue weighted by atomic mass is 32.2. The molecular formula is C22H32FNO4S. The third-order valence-electron chi connectivity index (χ3n) is 6.34. The van der Waals surface area contributed by atoms with Crippen molar-refractivity contribution < 1.29 is 22.3 Å². The van der Waals surface area contributed by atoms with E-state index in [9.17, 15) is 17.6 Å². The van der Waals surface area contributed by atoms with Crippen LogP contribution in [0.2, 0.25) is 0 Å². The van der Waals surface area contributed by atoms with Gasteiger partial charge in [-0.2, -0.15) is 0 Å². The second-order valence-corrected chi connectivity index (χ2v) is 11.3. The zero-order chi connectivity index (χ0) is 21.3. The molecule has 0 radical (unpaired) electrons. The van der Waals surface area contributed by atoms with E-state index in [1.807, 2.05) is 0 Å². The van der Waals surface area contributed by atoms with Gasteiger partial charge in [0.1, 0.15) is 5.75 Å². The molecule has 0 aromatic heterocycles. The second kappa shape index (κ2) is 8.25. The fraction of sp³-hybridized carbons (Fsp3) is 0.682. The number of carbonyl (C=O) groups is 1. The van der Waals surface area contributed by atoms with E-state index in [0.29, 0.717) is 41.7 Å². The Labute approximate surface area is 173 Å². The summed E-state index contributed by atoms with van der Waals surface area (Å²) in [6.07, 6.45) is 7.62. The minimum atomic E-state index is -3.18. The maximum atomic E-state index is 13.9. The third kappa shape index (κ3) is 5.50. The highest BCUT2D eigenvalue weighted by molar-refractivity contribution is 7.90. The van der Waals surface area contributed by atoms with E-state index in [-0.39, 0.29) is 5.91 Å². The van der Waals surface area contributed by atoms with Gasteiger partial charge in [0, 0.05) is 19.3 Å². The van der Waals surface area contributed by atoms with E-state index in [4.69, 9.17) is 4.74 Å². The van der Waals surface area contributed by atoms with Crippen molar-refractivity contribution in [1.82, 2.24) is 4.90 Å². The van der Waals surface area contributed by atoms with Gasteiger partial charge in [0.2, 0.25) is 0 Å². The minimum absolute atomic E-state index is 0.299. The van der Waals surface area contributed by atoms with Gasteiger partial charge in [-0.1, -0.05) is 0 Å². The molecular weight excluding hydrogens is 393 g/mol. The highest BCUT2D eigenvalue weighted by Gasteiger charge is 2.46. The molecule has 1 aliphatic heterocycles. The fourth-order valence-corrected chi connectivity index (χ4v) is 5.31. The lowest BCUT2D eigenvalue weighted by Crippen LogP contribution is -2.52. The van der Waals surface area contributed by atoms with E-state index in [1.165, 1.54) is 32.9 Å². The van der Waals surface area contributed by atoms with Crippen LogP contribution in [0.15, 0.2) is 29.2 Å². The zero-order valence-corrected chi connectivity index (χ0v) is 18.4. The Morgan fingerprint density at radius 1 is 1.21 bits per heavy atom. The number of carbonyl (C=O) groups excluding carboxylic acids is 1. The average molecular weight is 426 g/mol. The van der Waals surface area contributed by atoms with Gasteiger partial charge in [-0.05, 0) is 88.0 Å². The molecule has 0 N–H and O–H groups in total. The number of benzene rings is 1. The van der Waals surface area contributed by atoms with Crippen LogP contribution in [-0.2, 0) is 14.6 Å². The van der Waals surface area contributed by atoms with Gasteiger partial charge in [0.05, 0.1) is 11.5 Å². The van der Waals surface area contributed by atoms with Crippen LogP contribution in [0.25, 0.3) is 0 Å². The lowest BCUT2D eigenvalue weighted by Gasteiger charge is -2.53. The Hall–Kier alpha value is -1.63. The monoisotopic (exact) mass is 425 g/mol. The van der Waals surface area contributed by atoms with Crippen molar-refractivity contribution in [3.8, 4) is 5.75 Å². The first-order chi connectivity index (χ1) is 13.5. The number of sulfone groups is 1. The topological polar surface area (TPSA) is 63.7 Å². The van der Waals surface area contributed by atoms with E-state index >= 15 is 0 Å². The maximum Gasteiger partial charge on any atom is 0.259 e. The van der Waals surface area contributed by atoms with Crippen molar-refractivity contribution in [2.24, 2.45) is 11.3 Å². The summed E-state index contributed by atoms with van der Waals surface area (Å²) in [5.74, 6) is 1.01. The first-order valence-corrected chi connectivity index (χ1v) is 12.3. The van der Waals surface area contributed by atoms with E-state index in [1.54, 1.807) is 29.2 Å². The largest absolute Gasteiger partial charge is 0.494 e. The van der Waals surface area contributed by atoms with Crippen LogP contribution < -0.4 is 4.74 Å². The van der Waals surface area contributed by atoms with Gasteiger partial charge >= 0.3 is 0 Å². The summed E-state index contributed by atoms with van der Waals surface area (Å²) in [5.41, 5.74) is -1.43. The first kappa shape index (κ1) is 22.1. The molecule has 29 heavy (non-hydrogen) atoms. The standard InChI is InChI=1S/C22H32FNO4S/c1-21(2,23)20(25)24-12-10-22(11-13-24)15-17(16-22)5-4-14-28-18-6-8-19(9-7-18)29(3,26)27/h6-9,17H,4-5,10-16H2,1-3H3. The predicted molar refractivity (Wildman–Crippen MR) is 110 cm³/mol. The van der Waals surface area contributed by atoms with Crippen molar-refractivity contribution in [2.75, 3.05) is 26.0 Å². The summed E-state index contributed by atoms with van der Waals surface area (Å²) in [4.78, 5) is 14.0. The van der Waals surface area contributed by atoms with Crippen LogP contribution in [0.4, 0.5) is 4.39 Å². The quantitative estimate of drug-likeness (QED) is 0.619. The number of hydrogen-bond acceptors (Lipinski definition) is 4. The molecule has 3 rings (SSSR count). The Bertz CT molecular complexity index is 813. The number of nitrogens with zero attached hydrogens (tertiary/aromatic N) is 1. The Kier molecular flexibility index (Phi) is 6.27. The molecule has 1 amide bonds. The Balaban J connectivity index is 1.33. The molecule has 0 atom stereocenters. The van der Waals surface area contributed by atoms with Gasteiger partial charge in [-0.25, -0.2) is 12.8 Å². The summed E-state index contributed by atoms with van der Waals surface area (Å²) in [5, 5.41) is 0. The molecule has 0 unspecified atom stereocenters. The van der Waals surface area contributed by atoms with Crippen LogP contribution in [0, 0.1) is 11.3 Å². The van der Waals surface area contributed by atoms with Crippen molar-refractivity contribution in [3.63, 3.8) is 0 Å². The first-order valence-electron chi connectivity index (χ1n) is 10.4. The highest BCUT2D eigenvalue weighted by Crippen LogP contribution is 2.54. The fourth-order valence-electron chi connectivity index (χ4n) is 4.68. The van der Waals surface area contributed by atoms with Crippen LogP contribution in [0.5, 0.6) is 5.75 Å². The molecule has 162 valence electrons. The summed E-state index contributed by atoms with van der Waals surface area (Å²) >= 11 is 0. The summed E-state index contributed by atoms with van der Waals surface area (Å²) in [6, 6.07) is 6.54. The number of hydrogen-bond donors (Lipinski definition) is 0. The number of rotatable bonds is 7. The number of piperidine rings is 1. The molecule has 1 saturated carbocycles. The van der Waals surface area contributed by atoms with Crippen LogP contribution in [-0.4, -0.2) is 50.8 Å². The smallest absolute Gasteiger partial charge is 0.259 e. The molecule has 2 fully saturated rings. The van der Waals surface area contributed by atoms with Gasteiger partial charge < -0.3 is 9.64 Å². The molecule has 5 nitrogen and oxygen atoms in total. The van der Waals surface area contributed by atoms with E-state index in [2.05, 4.69) is 0 Å². The molecule has 7 heteroatoms. The van der Waals surface area contributed by atoms with E-state index in [0.717, 1.165) is 25.7 Å². The maximum absolute atomic E-state index is 13.9.